The first-order chi connectivity index (χ1) is 9.27. The van der Waals surface area contributed by atoms with E-state index in [1.807, 2.05) is 0 Å². The Bertz CT molecular complexity index is 629. The number of benzene rings is 2. The van der Waals surface area contributed by atoms with Crippen molar-refractivity contribution >= 4 is 5.91 Å². The fraction of sp³-hybridized carbons (Fsp3) is 0.235. The molecule has 0 spiro atoms. The third kappa shape index (κ3) is 1.34. The lowest BCUT2D eigenvalue weighted by molar-refractivity contribution is -0.122. The Hall–Kier alpha value is -2.09. The summed E-state index contributed by atoms with van der Waals surface area (Å²) in [6.45, 7) is 0. The average Bonchev–Trinajstić information content (AvgIpc) is 2.47. The number of amides is 1. The molecule has 2 bridgehead atoms. The molecule has 5 rings (SSSR count). The second-order valence-electron chi connectivity index (χ2n) is 5.53. The van der Waals surface area contributed by atoms with Gasteiger partial charge in [-0.15, -0.1) is 0 Å². The molecule has 2 aromatic rings. The molecule has 2 N–H and O–H groups in total. The maximum absolute atomic E-state index is 11.8. The molecule has 0 saturated carbocycles. The van der Waals surface area contributed by atoms with Gasteiger partial charge in [0.25, 0.3) is 0 Å². The number of primary amides is 1. The zero-order valence-electron chi connectivity index (χ0n) is 10.5. The van der Waals surface area contributed by atoms with Crippen LogP contribution in [-0.2, 0) is 4.79 Å². The fourth-order valence-corrected chi connectivity index (χ4v) is 3.92. The van der Waals surface area contributed by atoms with Crippen molar-refractivity contribution in [1.29, 1.82) is 0 Å². The van der Waals surface area contributed by atoms with Gasteiger partial charge in [0, 0.05) is 17.8 Å². The topological polar surface area (TPSA) is 43.1 Å². The predicted molar refractivity (Wildman–Crippen MR) is 73.9 cm³/mol. The second kappa shape index (κ2) is 3.70. The number of rotatable bonds is 1. The molecule has 1 atom stereocenters. The van der Waals surface area contributed by atoms with Gasteiger partial charge in [0.2, 0.25) is 5.91 Å². The van der Waals surface area contributed by atoms with Gasteiger partial charge in [0.05, 0.1) is 0 Å². The van der Waals surface area contributed by atoms with Gasteiger partial charge in [-0.25, -0.2) is 0 Å². The molecule has 0 aromatic heterocycles. The highest BCUT2D eigenvalue weighted by atomic mass is 16.1. The number of carbonyl (C=O) groups excluding carboxylic acids is 1. The molecule has 1 amide bonds. The lowest BCUT2D eigenvalue weighted by Gasteiger charge is -2.44. The van der Waals surface area contributed by atoms with E-state index in [1.54, 1.807) is 0 Å². The molecule has 3 aliphatic carbocycles. The Balaban J connectivity index is 2.01. The molecule has 3 aliphatic rings. The van der Waals surface area contributed by atoms with Gasteiger partial charge in [-0.2, -0.15) is 0 Å². The van der Waals surface area contributed by atoms with Crippen molar-refractivity contribution in [3.8, 4) is 0 Å². The Labute approximate surface area is 112 Å². The molecular formula is C17H15NO. The van der Waals surface area contributed by atoms with Crippen LogP contribution in [0.15, 0.2) is 48.5 Å². The first-order valence-electron chi connectivity index (χ1n) is 6.74. The van der Waals surface area contributed by atoms with Crippen molar-refractivity contribution in [2.24, 2.45) is 11.7 Å². The Morgan fingerprint density at radius 1 is 0.895 bits per heavy atom. The highest BCUT2D eigenvalue weighted by Gasteiger charge is 2.45. The summed E-state index contributed by atoms with van der Waals surface area (Å²) in [6.07, 6.45) is 0.855. The maximum Gasteiger partial charge on any atom is 0.221 e. The third-order valence-electron chi connectivity index (χ3n) is 4.67. The molecule has 1 unspecified atom stereocenters. The van der Waals surface area contributed by atoms with Crippen LogP contribution in [0.25, 0.3) is 0 Å². The quantitative estimate of drug-likeness (QED) is 0.829. The smallest absolute Gasteiger partial charge is 0.221 e. The second-order valence-corrected chi connectivity index (χ2v) is 5.53. The minimum absolute atomic E-state index is 0.0604. The number of carbonyl (C=O) groups is 1. The largest absolute Gasteiger partial charge is 0.369 e. The summed E-state index contributed by atoms with van der Waals surface area (Å²) >= 11 is 0. The van der Waals surface area contributed by atoms with Gasteiger partial charge in [-0.3, -0.25) is 4.79 Å². The van der Waals surface area contributed by atoms with E-state index in [2.05, 4.69) is 48.5 Å². The van der Waals surface area contributed by atoms with Crippen molar-refractivity contribution in [1.82, 2.24) is 0 Å². The minimum atomic E-state index is -0.168. The van der Waals surface area contributed by atoms with Crippen molar-refractivity contribution in [2.45, 2.75) is 18.3 Å². The number of hydrogen-bond acceptors (Lipinski definition) is 1. The van der Waals surface area contributed by atoms with Crippen molar-refractivity contribution in [3.05, 3.63) is 70.8 Å². The van der Waals surface area contributed by atoms with E-state index < -0.39 is 0 Å². The van der Waals surface area contributed by atoms with Crippen LogP contribution in [0.2, 0.25) is 0 Å². The van der Waals surface area contributed by atoms with E-state index in [0.717, 1.165) is 6.42 Å². The van der Waals surface area contributed by atoms with E-state index >= 15 is 0 Å². The number of hydrogen-bond donors (Lipinski definition) is 1. The van der Waals surface area contributed by atoms with Crippen LogP contribution in [0.5, 0.6) is 0 Å². The van der Waals surface area contributed by atoms with Gasteiger partial charge >= 0.3 is 0 Å². The Kier molecular flexibility index (Phi) is 2.10. The van der Waals surface area contributed by atoms with E-state index in [4.69, 9.17) is 5.73 Å². The standard InChI is InChI=1S/C17H15NO/c18-17(19)15-9-14-10-5-1-3-7-12(10)16(15)13-8-4-2-6-11(13)14/h1-8,14-16H,9H2,(H2,18,19). The molecule has 0 aliphatic heterocycles. The summed E-state index contributed by atoms with van der Waals surface area (Å²) in [5.41, 5.74) is 11.0. The fourth-order valence-electron chi connectivity index (χ4n) is 3.92. The van der Waals surface area contributed by atoms with E-state index in [-0.39, 0.29) is 17.7 Å². The number of nitrogens with two attached hydrogens (primary N) is 1. The van der Waals surface area contributed by atoms with Crippen molar-refractivity contribution < 1.29 is 4.79 Å². The summed E-state index contributed by atoms with van der Waals surface area (Å²) in [7, 11) is 0. The average molecular weight is 249 g/mol. The van der Waals surface area contributed by atoms with Crippen molar-refractivity contribution in [2.75, 3.05) is 0 Å². The van der Waals surface area contributed by atoms with Gasteiger partial charge in [0.1, 0.15) is 0 Å². The molecule has 2 heteroatoms. The normalized spacial score (nSPS) is 26.6. The van der Waals surface area contributed by atoms with Crippen LogP contribution in [0.3, 0.4) is 0 Å². The Morgan fingerprint density at radius 3 is 1.84 bits per heavy atom. The van der Waals surface area contributed by atoms with Crippen molar-refractivity contribution in [3.63, 3.8) is 0 Å². The van der Waals surface area contributed by atoms with Gasteiger partial charge in [0.15, 0.2) is 0 Å². The summed E-state index contributed by atoms with van der Waals surface area (Å²) in [5.74, 6) is 0.249. The zero-order valence-corrected chi connectivity index (χ0v) is 10.5. The molecular weight excluding hydrogens is 234 g/mol. The SMILES string of the molecule is NC(=O)C1CC2c3ccccc3C1c1ccccc12. The number of fused-ring (bicyclic) bond motifs is 1. The first kappa shape index (κ1) is 10.8. The van der Waals surface area contributed by atoms with Crippen LogP contribution in [0, 0.1) is 5.92 Å². The molecule has 0 heterocycles. The third-order valence-corrected chi connectivity index (χ3v) is 4.67. The highest BCUT2D eigenvalue weighted by molar-refractivity contribution is 5.81. The molecule has 2 aromatic carbocycles. The minimum Gasteiger partial charge on any atom is -0.369 e. The van der Waals surface area contributed by atoms with Gasteiger partial charge in [-0.05, 0) is 28.7 Å². The molecule has 2 nitrogen and oxygen atoms in total. The van der Waals surface area contributed by atoms with Crippen LogP contribution in [-0.4, -0.2) is 5.91 Å². The van der Waals surface area contributed by atoms with E-state index in [9.17, 15) is 4.79 Å². The predicted octanol–water partition coefficient (Wildman–Crippen LogP) is 2.77. The van der Waals surface area contributed by atoms with E-state index in [0.29, 0.717) is 5.92 Å². The van der Waals surface area contributed by atoms with Gasteiger partial charge < -0.3 is 5.73 Å². The van der Waals surface area contributed by atoms with Gasteiger partial charge in [-0.1, -0.05) is 48.5 Å². The first-order valence-corrected chi connectivity index (χ1v) is 6.74. The summed E-state index contributed by atoms with van der Waals surface area (Å²) in [6, 6.07) is 17.0. The molecule has 19 heavy (non-hydrogen) atoms. The Morgan fingerprint density at radius 2 is 1.37 bits per heavy atom. The highest BCUT2D eigenvalue weighted by Crippen LogP contribution is 2.55. The molecule has 0 saturated heterocycles. The lowest BCUT2D eigenvalue weighted by Crippen LogP contribution is -2.39. The summed E-state index contributed by atoms with van der Waals surface area (Å²) in [5, 5.41) is 0. The zero-order chi connectivity index (χ0) is 13.0. The van der Waals surface area contributed by atoms with Crippen LogP contribution in [0.4, 0.5) is 0 Å². The molecule has 94 valence electrons. The summed E-state index contributed by atoms with van der Waals surface area (Å²) < 4.78 is 0. The van der Waals surface area contributed by atoms with Crippen LogP contribution in [0.1, 0.15) is 40.5 Å². The van der Waals surface area contributed by atoms with E-state index in [1.165, 1.54) is 22.3 Å². The van der Waals surface area contributed by atoms with Crippen LogP contribution < -0.4 is 5.73 Å². The lowest BCUT2D eigenvalue weighted by atomic mass is 9.59. The summed E-state index contributed by atoms with van der Waals surface area (Å²) in [4.78, 5) is 11.8. The monoisotopic (exact) mass is 249 g/mol. The molecule has 0 radical (unpaired) electrons. The maximum atomic E-state index is 11.8. The van der Waals surface area contributed by atoms with Crippen LogP contribution >= 0.6 is 0 Å². The molecule has 0 fully saturated rings.